The maximum Gasteiger partial charge on any atom is 0.251 e. The fourth-order valence-electron chi connectivity index (χ4n) is 2.51. The minimum absolute atomic E-state index is 0.204. The molecule has 5 nitrogen and oxygen atoms in total. The number of amides is 2. The molecule has 0 atom stereocenters. The highest BCUT2D eigenvalue weighted by atomic mass is 32.1. The largest absolute Gasteiger partial charge is 0.343 e. The van der Waals surface area contributed by atoms with Crippen molar-refractivity contribution in [1.29, 1.82) is 0 Å². The quantitative estimate of drug-likeness (QED) is 0.732. The molecule has 134 valence electrons. The van der Waals surface area contributed by atoms with Gasteiger partial charge in [-0.3, -0.25) is 9.59 Å². The zero-order valence-corrected chi connectivity index (χ0v) is 14.8. The topological polar surface area (TPSA) is 71.1 Å². The van der Waals surface area contributed by atoms with E-state index in [9.17, 15) is 18.4 Å². The number of nitrogens with one attached hydrogen (secondary N) is 2. The number of halogens is 2. The molecule has 0 aliphatic rings. The zero-order valence-electron chi connectivity index (χ0n) is 14.0. The molecule has 26 heavy (non-hydrogen) atoms. The van der Waals surface area contributed by atoms with Crippen molar-refractivity contribution < 1.29 is 18.4 Å². The van der Waals surface area contributed by atoms with E-state index in [1.165, 1.54) is 0 Å². The predicted octanol–water partition coefficient (Wildman–Crippen LogP) is 3.56. The summed E-state index contributed by atoms with van der Waals surface area (Å²) in [5.41, 5.74) is 2.63. The molecule has 1 aromatic heterocycles. The molecule has 2 aromatic carbocycles. The Morgan fingerprint density at radius 1 is 1.04 bits per heavy atom. The van der Waals surface area contributed by atoms with Crippen molar-refractivity contribution in [3.63, 3.8) is 0 Å². The van der Waals surface area contributed by atoms with Crippen LogP contribution in [0.15, 0.2) is 30.3 Å². The molecule has 0 saturated heterocycles. The highest BCUT2D eigenvalue weighted by molar-refractivity contribution is 7.22. The van der Waals surface area contributed by atoms with Gasteiger partial charge < -0.3 is 10.6 Å². The standard InChI is InChI=1S/C18H15F2N3O2S/c1-9-3-10(2)5-11(4-9)17(25)21-8-16(24)23-18-22-14-6-12(19)13(20)7-15(14)26-18/h3-7H,8H2,1-2H3,(H,21,25)(H,22,23,24). The molecular weight excluding hydrogens is 360 g/mol. The van der Waals surface area contributed by atoms with Crippen molar-refractivity contribution in [1.82, 2.24) is 10.3 Å². The van der Waals surface area contributed by atoms with Crippen molar-refractivity contribution in [3.05, 3.63) is 58.7 Å². The number of carbonyl (C=O) groups excluding carboxylic acids is 2. The number of benzene rings is 2. The number of carbonyl (C=O) groups is 2. The Kier molecular flexibility index (Phi) is 4.94. The normalized spacial score (nSPS) is 10.8. The summed E-state index contributed by atoms with van der Waals surface area (Å²) in [6.45, 7) is 3.52. The number of hydrogen-bond acceptors (Lipinski definition) is 4. The van der Waals surface area contributed by atoms with E-state index in [0.29, 0.717) is 10.3 Å². The van der Waals surface area contributed by atoms with Crippen LogP contribution >= 0.6 is 11.3 Å². The smallest absolute Gasteiger partial charge is 0.251 e. The fourth-order valence-corrected chi connectivity index (χ4v) is 3.40. The fraction of sp³-hybridized carbons (Fsp3) is 0.167. The summed E-state index contributed by atoms with van der Waals surface area (Å²) in [5.74, 6) is -2.82. The molecule has 2 N–H and O–H groups in total. The van der Waals surface area contributed by atoms with E-state index in [1.807, 2.05) is 19.9 Å². The van der Waals surface area contributed by atoms with Gasteiger partial charge in [0.15, 0.2) is 16.8 Å². The third kappa shape index (κ3) is 4.02. The molecule has 0 saturated carbocycles. The lowest BCUT2D eigenvalue weighted by atomic mass is 10.1. The van der Waals surface area contributed by atoms with E-state index in [0.717, 1.165) is 34.6 Å². The molecule has 0 unspecified atom stereocenters. The summed E-state index contributed by atoms with van der Waals surface area (Å²) >= 11 is 1.02. The first-order valence-corrected chi connectivity index (χ1v) is 8.55. The molecular formula is C18H15F2N3O2S. The molecule has 0 aliphatic carbocycles. The Labute approximate surface area is 152 Å². The molecule has 3 aromatic rings. The number of aromatic nitrogens is 1. The Morgan fingerprint density at radius 3 is 2.38 bits per heavy atom. The second kappa shape index (κ2) is 7.17. The van der Waals surface area contributed by atoms with Crippen molar-refractivity contribution in [3.8, 4) is 0 Å². The van der Waals surface area contributed by atoms with Crippen LogP contribution in [-0.2, 0) is 4.79 Å². The molecule has 0 bridgehead atoms. The average molecular weight is 375 g/mol. The van der Waals surface area contributed by atoms with Crippen LogP contribution in [0.2, 0.25) is 0 Å². The Balaban J connectivity index is 1.63. The van der Waals surface area contributed by atoms with Crippen molar-refractivity contribution in [2.75, 3.05) is 11.9 Å². The summed E-state index contributed by atoms with van der Waals surface area (Å²) in [5, 5.41) is 5.24. The zero-order chi connectivity index (χ0) is 18.8. The second-order valence-electron chi connectivity index (χ2n) is 5.86. The van der Waals surface area contributed by atoms with Crippen LogP contribution in [0.4, 0.5) is 13.9 Å². The highest BCUT2D eigenvalue weighted by Gasteiger charge is 2.13. The number of hydrogen-bond donors (Lipinski definition) is 2. The van der Waals surface area contributed by atoms with Gasteiger partial charge >= 0.3 is 0 Å². The number of anilines is 1. The first-order chi connectivity index (χ1) is 12.3. The molecule has 2 amide bonds. The molecule has 3 rings (SSSR count). The molecule has 0 aliphatic heterocycles. The van der Waals surface area contributed by atoms with E-state index in [4.69, 9.17) is 0 Å². The first-order valence-electron chi connectivity index (χ1n) is 7.74. The maximum atomic E-state index is 13.2. The number of nitrogens with zero attached hydrogens (tertiary/aromatic N) is 1. The van der Waals surface area contributed by atoms with Crippen LogP contribution in [0.5, 0.6) is 0 Å². The lowest BCUT2D eigenvalue weighted by molar-refractivity contribution is -0.115. The number of rotatable bonds is 4. The SMILES string of the molecule is Cc1cc(C)cc(C(=O)NCC(=O)Nc2nc3cc(F)c(F)cc3s2)c1. The van der Waals surface area contributed by atoms with Gasteiger partial charge in [-0.2, -0.15) is 0 Å². The Bertz CT molecular complexity index is 958. The summed E-state index contributed by atoms with van der Waals surface area (Å²) in [7, 11) is 0. The van der Waals surface area contributed by atoms with Gasteiger partial charge in [0.2, 0.25) is 5.91 Å². The molecule has 8 heteroatoms. The lowest BCUT2D eigenvalue weighted by Gasteiger charge is -2.07. The van der Waals surface area contributed by atoms with Crippen molar-refractivity contribution in [2.45, 2.75) is 13.8 Å². The second-order valence-corrected chi connectivity index (χ2v) is 6.89. The third-order valence-corrected chi connectivity index (χ3v) is 4.50. The van der Waals surface area contributed by atoms with Crippen LogP contribution in [0.1, 0.15) is 21.5 Å². The monoisotopic (exact) mass is 375 g/mol. The third-order valence-electron chi connectivity index (χ3n) is 3.57. The van der Waals surface area contributed by atoms with Gasteiger partial charge in [0, 0.05) is 11.6 Å². The Hall–Kier alpha value is -2.87. The molecule has 0 spiro atoms. The average Bonchev–Trinajstić information content (AvgIpc) is 2.93. The molecule has 0 fully saturated rings. The summed E-state index contributed by atoms with van der Waals surface area (Å²) < 4.78 is 26.8. The van der Waals surface area contributed by atoms with E-state index < -0.39 is 17.5 Å². The van der Waals surface area contributed by atoms with Crippen molar-refractivity contribution >= 4 is 38.5 Å². The van der Waals surface area contributed by atoms with E-state index in [2.05, 4.69) is 15.6 Å². The van der Waals surface area contributed by atoms with E-state index in [-0.39, 0.29) is 23.1 Å². The van der Waals surface area contributed by atoms with Gasteiger partial charge in [-0.1, -0.05) is 28.5 Å². The van der Waals surface area contributed by atoms with Crippen molar-refractivity contribution in [2.24, 2.45) is 0 Å². The minimum Gasteiger partial charge on any atom is -0.343 e. The number of thiazole rings is 1. The number of aryl methyl sites for hydroxylation is 2. The van der Waals surface area contributed by atoms with Gasteiger partial charge in [-0.15, -0.1) is 0 Å². The van der Waals surface area contributed by atoms with Crippen LogP contribution in [0.25, 0.3) is 10.2 Å². The van der Waals surface area contributed by atoms with Gasteiger partial charge in [-0.05, 0) is 32.0 Å². The van der Waals surface area contributed by atoms with Crippen LogP contribution in [0.3, 0.4) is 0 Å². The maximum absolute atomic E-state index is 13.2. The molecule has 0 radical (unpaired) electrons. The minimum atomic E-state index is -0.999. The van der Waals surface area contributed by atoms with Gasteiger partial charge in [-0.25, -0.2) is 13.8 Å². The first kappa shape index (κ1) is 17.9. The summed E-state index contributed by atoms with van der Waals surface area (Å²) in [6.07, 6.45) is 0. The predicted molar refractivity (Wildman–Crippen MR) is 96.4 cm³/mol. The lowest BCUT2D eigenvalue weighted by Crippen LogP contribution is -2.32. The molecule has 1 heterocycles. The summed E-state index contributed by atoms with van der Waals surface area (Å²) in [4.78, 5) is 28.2. The highest BCUT2D eigenvalue weighted by Crippen LogP contribution is 2.27. The van der Waals surface area contributed by atoms with Crippen LogP contribution < -0.4 is 10.6 Å². The van der Waals surface area contributed by atoms with Gasteiger partial charge in [0.05, 0.1) is 16.8 Å². The van der Waals surface area contributed by atoms with Crippen LogP contribution in [-0.4, -0.2) is 23.3 Å². The Morgan fingerprint density at radius 2 is 1.69 bits per heavy atom. The van der Waals surface area contributed by atoms with Crippen LogP contribution in [0, 0.1) is 25.5 Å². The van der Waals surface area contributed by atoms with Gasteiger partial charge in [0.1, 0.15) is 0 Å². The van der Waals surface area contributed by atoms with E-state index >= 15 is 0 Å². The summed E-state index contributed by atoms with van der Waals surface area (Å²) in [6, 6.07) is 7.41. The van der Waals surface area contributed by atoms with E-state index in [1.54, 1.807) is 12.1 Å². The van der Waals surface area contributed by atoms with Gasteiger partial charge in [0.25, 0.3) is 5.91 Å². The number of fused-ring (bicyclic) bond motifs is 1.